The highest BCUT2D eigenvalue weighted by molar-refractivity contribution is 5.00. The molecule has 1 aliphatic carbocycles. The molecular weight excluding hydrogens is 206 g/mol. The summed E-state index contributed by atoms with van der Waals surface area (Å²) in [6.45, 7) is 5.16. The molecule has 0 saturated heterocycles. The third-order valence-corrected chi connectivity index (χ3v) is 2.88. The van der Waals surface area contributed by atoms with Crippen molar-refractivity contribution in [2.75, 3.05) is 13.2 Å². The smallest absolute Gasteiger partial charge is 0.230 e. The van der Waals surface area contributed by atoms with E-state index in [2.05, 4.69) is 10.1 Å². The fourth-order valence-electron chi connectivity index (χ4n) is 1.66. The van der Waals surface area contributed by atoms with Crippen LogP contribution in [0.1, 0.15) is 50.4 Å². The molecule has 2 rings (SSSR count). The molecular formula is C11H19N3O2. The van der Waals surface area contributed by atoms with Crippen molar-refractivity contribution in [2.45, 2.75) is 38.7 Å². The lowest BCUT2D eigenvalue weighted by atomic mass is 10.2. The highest BCUT2D eigenvalue weighted by Crippen LogP contribution is 2.42. The van der Waals surface area contributed by atoms with E-state index in [4.69, 9.17) is 15.0 Å². The number of ether oxygens (including phenoxy) is 1. The van der Waals surface area contributed by atoms with Crippen molar-refractivity contribution in [3.8, 4) is 0 Å². The third-order valence-electron chi connectivity index (χ3n) is 2.88. The normalized spacial score (nSPS) is 19.7. The van der Waals surface area contributed by atoms with Crippen LogP contribution in [-0.2, 0) is 4.74 Å². The first-order valence-corrected chi connectivity index (χ1v) is 5.91. The van der Waals surface area contributed by atoms with Gasteiger partial charge >= 0.3 is 0 Å². The van der Waals surface area contributed by atoms with Gasteiger partial charge in [0.1, 0.15) is 6.10 Å². The highest BCUT2D eigenvalue weighted by atomic mass is 16.5. The second-order valence-corrected chi connectivity index (χ2v) is 4.34. The molecule has 16 heavy (non-hydrogen) atoms. The summed E-state index contributed by atoms with van der Waals surface area (Å²) in [6.07, 6.45) is 2.40. The van der Waals surface area contributed by atoms with E-state index in [0.29, 0.717) is 30.8 Å². The van der Waals surface area contributed by atoms with Gasteiger partial charge in [0, 0.05) is 19.1 Å². The first-order valence-electron chi connectivity index (χ1n) is 5.91. The lowest BCUT2D eigenvalue weighted by Crippen LogP contribution is -2.11. The van der Waals surface area contributed by atoms with Crippen molar-refractivity contribution in [1.82, 2.24) is 10.1 Å². The molecule has 0 aromatic carbocycles. The number of rotatable bonds is 6. The van der Waals surface area contributed by atoms with Crippen LogP contribution in [0.2, 0.25) is 0 Å². The lowest BCUT2D eigenvalue weighted by Gasteiger charge is -2.11. The van der Waals surface area contributed by atoms with E-state index < -0.39 is 0 Å². The number of hydrogen-bond donors (Lipinski definition) is 1. The fourth-order valence-corrected chi connectivity index (χ4v) is 1.66. The quantitative estimate of drug-likeness (QED) is 0.796. The Labute approximate surface area is 95.3 Å². The lowest BCUT2D eigenvalue weighted by molar-refractivity contribution is 0.0384. The molecule has 5 heteroatoms. The first-order chi connectivity index (χ1) is 7.76. The van der Waals surface area contributed by atoms with Crippen LogP contribution in [-0.4, -0.2) is 23.3 Å². The van der Waals surface area contributed by atoms with Crippen molar-refractivity contribution < 1.29 is 9.26 Å². The van der Waals surface area contributed by atoms with Crippen molar-refractivity contribution in [2.24, 2.45) is 11.7 Å². The topological polar surface area (TPSA) is 74.2 Å². The molecule has 0 aliphatic heterocycles. The maximum atomic E-state index is 5.66. The Morgan fingerprint density at radius 1 is 1.56 bits per heavy atom. The molecule has 90 valence electrons. The average molecular weight is 225 g/mol. The van der Waals surface area contributed by atoms with Gasteiger partial charge in [0.15, 0.2) is 0 Å². The maximum Gasteiger partial charge on any atom is 0.230 e. The zero-order valence-electron chi connectivity index (χ0n) is 9.85. The molecule has 1 saturated carbocycles. The van der Waals surface area contributed by atoms with Crippen molar-refractivity contribution >= 4 is 0 Å². The minimum Gasteiger partial charge on any atom is -0.370 e. The molecule has 0 spiro atoms. The fraction of sp³-hybridized carbons (Fsp3) is 0.818. The number of aromatic nitrogens is 2. The van der Waals surface area contributed by atoms with Crippen LogP contribution in [0.25, 0.3) is 0 Å². The molecule has 1 aromatic rings. The Morgan fingerprint density at radius 2 is 2.31 bits per heavy atom. The Bertz CT molecular complexity index is 336. The van der Waals surface area contributed by atoms with Gasteiger partial charge in [-0.25, -0.2) is 0 Å². The first kappa shape index (κ1) is 11.5. The molecule has 0 amide bonds. The Balaban J connectivity index is 2.09. The second kappa shape index (κ2) is 4.93. The molecule has 1 aromatic heterocycles. The Morgan fingerprint density at radius 3 is 2.88 bits per heavy atom. The SMILES string of the molecule is CCOC(c1noc(C(C)CN)n1)C1CC1. The summed E-state index contributed by atoms with van der Waals surface area (Å²) in [7, 11) is 0. The molecule has 5 nitrogen and oxygen atoms in total. The van der Waals surface area contributed by atoms with Crippen LogP contribution in [0, 0.1) is 5.92 Å². The van der Waals surface area contributed by atoms with Crippen LogP contribution in [0.4, 0.5) is 0 Å². The van der Waals surface area contributed by atoms with Crippen LogP contribution in [0.15, 0.2) is 4.52 Å². The van der Waals surface area contributed by atoms with Gasteiger partial charge < -0.3 is 15.0 Å². The van der Waals surface area contributed by atoms with E-state index in [1.54, 1.807) is 0 Å². The highest BCUT2D eigenvalue weighted by Gasteiger charge is 2.36. The largest absolute Gasteiger partial charge is 0.370 e. The molecule has 0 bridgehead atoms. The molecule has 1 heterocycles. The van der Waals surface area contributed by atoms with Crippen molar-refractivity contribution in [3.63, 3.8) is 0 Å². The van der Waals surface area contributed by atoms with E-state index in [1.807, 2.05) is 13.8 Å². The van der Waals surface area contributed by atoms with Gasteiger partial charge in [0.2, 0.25) is 11.7 Å². The van der Waals surface area contributed by atoms with Crippen LogP contribution >= 0.6 is 0 Å². The van der Waals surface area contributed by atoms with Gasteiger partial charge in [-0.15, -0.1) is 0 Å². The van der Waals surface area contributed by atoms with E-state index in [1.165, 1.54) is 12.8 Å². The molecule has 0 radical (unpaired) electrons. The summed E-state index contributed by atoms with van der Waals surface area (Å²) in [5.41, 5.74) is 5.56. The summed E-state index contributed by atoms with van der Waals surface area (Å²) in [4.78, 5) is 4.38. The van der Waals surface area contributed by atoms with E-state index in [9.17, 15) is 0 Å². The van der Waals surface area contributed by atoms with Crippen molar-refractivity contribution in [3.05, 3.63) is 11.7 Å². The summed E-state index contributed by atoms with van der Waals surface area (Å²) in [6, 6.07) is 0. The van der Waals surface area contributed by atoms with E-state index in [-0.39, 0.29) is 12.0 Å². The second-order valence-electron chi connectivity index (χ2n) is 4.34. The van der Waals surface area contributed by atoms with Gasteiger partial charge in [0.25, 0.3) is 0 Å². The molecule has 1 aliphatic rings. The monoisotopic (exact) mass is 225 g/mol. The summed E-state index contributed by atoms with van der Waals surface area (Å²) in [5.74, 6) is 1.98. The number of hydrogen-bond acceptors (Lipinski definition) is 5. The van der Waals surface area contributed by atoms with Gasteiger partial charge in [-0.05, 0) is 25.7 Å². The molecule has 2 atom stereocenters. The minimum absolute atomic E-state index is 0.00692. The summed E-state index contributed by atoms with van der Waals surface area (Å²) in [5, 5.41) is 4.00. The molecule has 2 unspecified atom stereocenters. The zero-order chi connectivity index (χ0) is 11.5. The Hall–Kier alpha value is -0.940. The predicted molar refractivity (Wildman–Crippen MR) is 58.9 cm³/mol. The van der Waals surface area contributed by atoms with Crippen LogP contribution in [0.5, 0.6) is 0 Å². The summed E-state index contributed by atoms with van der Waals surface area (Å²) < 4.78 is 10.9. The minimum atomic E-state index is 0.00692. The summed E-state index contributed by atoms with van der Waals surface area (Å²) >= 11 is 0. The van der Waals surface area contributed by atoms with Gasteiger partial charge in [-0.2, -0.15) is 4.98 Å². The maximum absolute atomic E-state index is 5.66. The van der Waals surface area contributed by atoms with Crippen LogP contribution in [0.3, 0.4) is 0 Å². The standard InChI is InChI=1S/C11H19N3O2/c1-3-15-9(8-4-5-8)10-13-11(16-14-10)7(2)6-12/h7-9H,3-6,12H2,1-2H3. The van der Waals surface area contributed by atoms with Gasteiger partial charge in [-0.3, -0.25) is 0 Å². The zero-order valence-corrected chi connectivity index (χ0v) is 9.85. The number of nitrogens with two attached hydrogens (primary N) is 1. The number of nitrogens with zero attached hydrogens (tertiary/aromatic N) is 2. The molecule has 2 N–H and O–H groups in total. The predicted octanol–water partition coefficient (Wildman–Crippen LogP) is 1.62. The third kappa shape index (κ3) is 2.41. The van der Waals surface area contributed by atoms with Gasteiger partial charge in [-0.1, -0.05) is 12.1 Å². The molecule has 1 fully saturated rings. The van der Waals surface area contributed by atoms with E-state index in [0.717, 1.165) is 0 Å². The van der Waals surface area contributed by atoms with E-state index >= 15 is 0 Å². The van der Waals surface area contributed by atoms with Crippen molar-refractivity contribution in [1.29, 1.82) is 0 Å². The van der Waals surface area contributed by atoms with Gasteiger partial charge in [0.05, 0.1) is 0 Å². The average Bonchev–Trinajstić information content (AvgIpc) is 3.02. The van der Waals surface area contributed by atoms with Crippen LogP contribution < -0.4 is 5.73 Å². The Kier molecular flexibility index (Phi) is 3.56.